The minimum atomic E-state index is -0.537. The van der Waals surface area contributed by atoms with Gasteiger partial charge in [0.15, 0.2) is 7.28 Å². The second-order valence-electron chi connectivity index (χ2n) is 5.10. The van der Waals surface area contributed by atoms with Crippen LogP contribution in [0, 0.1) is 0 Å². The topological polar surface area (TPSA) is 58.2 Å². The zero-order chi connectivity index (χ0) is 12.3. The highest BCUT2D eigenvalue weighted by Crippen LogP contribution is 2.35. The van der Waals surface area contributed by atoms with E-state index in [1.807, 2.05) is 27.7 Å². The Balaban J connectivity index is 4.71. The largest absolute Gasteiger partial charge is 0.359 e. The normalized spacial score (nSPS) is 11.9. The minimum Gasteiger partial charge on any atom is -0.359 e. The summed E-state index contributed by atoms with van der Waals surface area (Å²) < 4.78 is 0. The van der Waals surface area contributed by atoms with Crippen LogP contribution < -0.4 is 10.6 Å². The van der Waals surface area contributed by atoms with Crippen molar-refractivity contribution in [2.24, 2.45) is 0 Å². The first kappa shape index (κ1) is 14.0. The average Bonchev–Trinajstić information content (AvgIpc) is 2.13. The van der Waals surface area contributed by atoms with Gasteiger partial charge in [0.25, 0.3) is 0 Å². The average molecular weight is 212 g/mol. The summed E-state index contributed by atoms with van der Waals surface area (Å²) in [6.07, 6.45) is 0. The van der Waals surface area contributed by atoms with E-state index in [2.05, 4.69) is 10.6 Å². The van der Waals surface area contributed by atoms with Crippen molar-refractivity contribution in [3.05, 3.63) is 0 Å². The molecule has 0 radical (unpaired) electrons. The van der Waals surface area contributed by atoms with Crippen LogP contribution in [-0.2, 0) is 9.59 Å². The highest BCUT2D eigenvalue weighted by molar-refractivity contribution is 6.55. The quantitative estimate of drug-likeness (QED) is 0.659. The molecule has 4 nitrogen and oxygen atoms in total. The molecule has 0 aromatic heterocycles. The smallest absolute Gasteiger partial charge is 0.217 e. The first-order chi connectivity index (χ1) is 6.67. The molecule has 2 amide bonds. The molecule has 0 saturated carbocycles. The molecule has 0 fully saturated rings. The van der Waals surface area contributed by atoms with Gasteiger partial charge in [-0.3, -0.25) is 9.59 Å². The summed E-state index contributed by atoms with van der Waals surface area (Å²) in [7, 11) is 3.73. The minimum absolute atomic E-state index is 0.0421. The number of carbonyl (C=O) groups excluding carboxylic acids is 2. The molecule has 0 saturated heterocycles. The van der Waals surface area contributed by atoms with Gasteiger partial charge in [-0.15, -0.1) is 0 Å². The lowest BCUT2D eigenvalue weighted by atomic mass is 9.40. The zero-order valence-electron chi connectivity index (χ0n) is 10.5. The number of nitrogens with one attached hydrogen (secondary N) is 2. The van der Waals surface area contributed by atoms with E-state index in [0.717, 1.165) is 0 Å². The van der Waals surface area contributed by atoms with E-state index in [1.165, 1.54) is 0 Å². The van der Waals surface area contributed by atoms with Crippen molar-refractivity contribution in [3.63, 3.8) is 0 Å². The standard InChI is InChI=1S/C10H21BN2O2/c1-9(2,7(14)12-5)11-10(3,4)8(15)13-6/h11H,1-6H3,(H,12,14)(H,13,15). The number of carbonyl (C=O) groups is 2. The van der Waals surface area contributed by atoms with Gasteiger partial charge in [0.1, 0.15) is 0 Å². The molecule has 0 spiro atoms. The van der Waals surface area contributed by atoms with E-state index in [0.29, 0.717) is 7.28 Å². The van der Waals surface area contributed by atoms with Crippen molar-refractivity contribution in [2.75, 3.05) is 14.1 Å². The van der Waals surface area contributed by atoms with Gasteiger partial charge < -0.3 is 10.6 Å². The van der Waals surface area contributed by atoms with E-state index in [9.17, 15) is 9.59 Å². The molecule has 15 heavy (non-hydrogen) atoms. The number of hydrogen-bond acceptors (Lipinski definition) is 2. The van der Waals surface area contributed by atoms with Crippen LogP contribution in [0.5, 0.6) is 0 Å². The van der Waals surface area contributed by atoms with Crippen LogP contribution in [0.3, 0.4) is 0 Å². The highest BCUT2D eigenvalue weighted by atomic mass is 16.2. The van der Waals surface area contributed by atoms with Gasteiger partial charge in [0.05, 0.1) is 0 Å². The Morgan fingerprint density at radius 2 is 1.13 bits per heavy atom. The Morgan fingerprint density at radius 3 is 1.33 bits per heavy atom. The molecule has 0 aliphatic rings. The molecule has 0 heterocycles. The fourth-order valence-electron chi connectivity index (χ4n) is 1.94. The zero-order valence-corrected chi connectivity index (χ0v) is 10.5. The Hall–Kier alpha value is -0.995. The van der Waals surface area contributed by atoms with E-state index in [4.69, 9.17) is 0 Å². The summed E-state index contributed by atoms with van der Waals surface area (Å²) in [4.78, 5) is 23.2. The fraction of sp³-hybridized carbons (Fsp3) is 0.800. The molecule has 2 N–H and O–H groups in total. The lowest BCUT2D eigenvalue weighted by Gasteiger charge is -2.30. The number of rotatable bonds is 4. The van der Waals surface area contributed by atoms with Gasteiger partial charge in [-0.05, 0) is 0 Å². The van der Waals surface area contributed by atoms with Crippen molar-refractivity contribution < 1.29 is 9.59 Å². The predicted molar refractivity (Wildman–Crippen MR) is 63.4 cm³/mol. The number of amides is 2. The van der Waals surface area contributed by atoms with Crippen LogP contribution in [0.25, 0.3) is 0 Å². The summed E-state index contributed by atoms with van der Waals surface area (Å²) in [6.45, 7) is 7.38. The third kappa shape index (κ3) is 3.57. The monoisotopic (exact) mass is 212 g/mol. The molecule has 0 unspecified atom stereocenters. The molecule has 0 aliphatic carbocycles. The Morgan fingerprint density at radius 1 is 0.867 bits per heavy atom. The van der Waals surface area contributed by atoms with Crippen molar-refractivity contribution in [1.29, 1.82) is 0 Å². The summed E-state index contributed by atoms with van der Waals surface area (Å²) in [6, 6.07) is 0. The first-order valence-corrected chi connectivity index (χ1v) is 5.12. The lowest BCUT2D eigenvalue weighted by molar-refractivity contribution is -0.123. The van der Waals surface area contributed by atoms with Crippen LogP contribution in [0.15, 0.2) is 0 Å². The maximum absolute atomic E-state index is 11.6. The summed E-state index contributed by atoms with van der Waals surface area (Å²) >= 11 is 0. The maximum Gasteiger partial charge on any atom is 0.217 e. The van der Waals surface area contributed by atoms with Crippen molar-refractivity contribution in [2.45, 2.75) is 38.3 Å². The van der Waals surface area contributed by atoms with Crippen LogP contribution in [0.1, 0.15) is 27.7 Å². The fourth-order valence-corrected chi connectivity index (χ4v) is 1.94. The van der Waals surface area contributed by atoms with Gasteiger partial charge in [-0.25, -0.2) is 0 Å². The van der Waals surface area contributed by atoms with Crippen LogP contribution in [0.2, 0.25) is 10.6 Å². The van der Waals surface area contributed by atoms with Crippen molar-refractivity contribution in [3.8, 4) is 0 Å². The third-order valence-electron chi connectivity index (χ3n) is 2.57. The summed E-state index contributed by atoms with van der Waals surface area (Å²) in [5.74, 6) is -0.0843. The SMILES string of the molecule is CNC(=O)C(C)(C)BC(C)(C)C(=O)NC. The maximum atomic E-state index is 11.6. The molecule has 0 atom stereocenters. The summed E-state index contributed by atoms with van der Waals surface area (Å²) in [5.41, 5.74) is 0. The molecule has 86 valence electrons. The van der Waals surface area contributed by atoms with Gasteiger partial charge in [0, 0.05) is 24.7 Å². The Bertz CT molecular complexity index is 236. The van der Waals surface area contributed by atoms with Crippen LogP contribution >= 0.6 is 0 Å². The molecule has 0 aromatic carbocycles. The van der Waals surface area contributed by atoms with Gasteiger partial charge in [0.2, 0.25) is 11.8 Å². The Labute approximate surface area is 92.4 Å². The van der Waals surface area contributed by atoms with Crippen molar-refractivity contribution >= 4 is 19.1 Å². The van der Waals surface area contributed by atoms with Gasteiger partial charge >= 0.3 is 0 Å². The molecule has 0 aromatic rings. The van der Waals surface area contributed by atoms with Crippen LogP contribution in [0.4, 0.5) is 0 Å². The third-order valence-corrected chi connectivity index (χ3v) is 2.57. The molecule has 0 aliphatic heterocycles. The second kappa shape index (κ2) is 4.68. The predicted octanol–water partition coefficient (Wildman–Crippen LogP) is 0.312. The number of hydrogen-bond donors (Lipinski definition) is 2. The molecule has 0 bridgehead atoms. The van der Waals surface area contributed by atoms with E-state index in [1.54, 1.807) is 14.1 Å². The lowest BCUT2D eigenvalue weighted by Crippen LogP contribution is -2.42. The molecular formula is C10H21BN2O2. The Kier molecular flexibility index (Phi) is 4.37. The second-order valence-corrected chi connectivity index (χ2v) is 5.10. The van der Waals surface area contributed by atoms with E-state index < -0.39 is 10.6 Å². The van der Waals surface area contributed by atoms with E-state index >= 15 is 0 Å². The highest BCUT2D eigenvalue weighted by Gasteiger charge is 2.39. The van der Waals surface area contributed by atoms with Gasteiger partial charge in [-0.2, -0.15) is 0 Å². The summed E-state index contributed by atoms with van der Waals surface area (Å²) in [5, 5.41) is 4.15. The van der Waals surface area contributed by atoms with Gasteiger partial charge in [-0.1, -0.05) is 27.7 Å². The molecule has 0 rings (SSSR count). The molecule has 5 heteroatoms. The van der Waals surface area contributed by atoms with Crippen molar-refractivity contribution in [1.82, 2.24) is 10.6 Å². The van der Waals surface area contributed by atoms with E-state index in [-0.39, 0.29) is 11.8 Å². The van der Waals surface area contributed by atoms with Crippen LogP contribution in [-0.4, -0.2) is 33.2 Å². The first-order valence-electron chi connectivity index (χ1n) is 5.12. The molecular weight excluding hydrogens is 191 g/mol.